The summed E-state index contributed by atoms with van der Waals surface area (Å²) in [6, 6.07) is 9.13. The lowest BCUT2D eigenvalue weighted by atomic mass is 9.90. The monoisotopic (exact) mass is 303 g/mol. The number of nitrogens with zero attached hydrogens (tertiary/aromatic N) is 3. The summed E-state index contributed by atoms with van der Waals surface area (Å²) in [5.74, 6) is 0.473. The van der Waals surface area contributed by atoms with Crippen LogP contribution >= 0.6 is 0 Å². The van der Waals surface area contributed by atoms with E-state index < -0.39 is 0 Å². The first kappa shape index (κ1) is 13.3. The predicted octanol–water partition coefficient (Wildman–Crippen LogP) is 3.48. The van der Waals surface area contributed by atoms with Crippen molar-refractivity contribution in [2.45, 2.75) is 32.4 Å². The van der Waals surface area contributed by atoms with E-state index >= 15 is 0 Å². The zero-order valence-corrected chi connectivity index (χ0v) is 13.7. The van der Waals surface area contributed by atoms with Crippen LogP contribution in [0.3, 0.4) is 0 Å². The summed E-state index contributed by atoms with van der Waals surface area (Å²) in [5, 5.41) is 1.48. The zero-order chi connectivity index (χ0) is 15.6. The van der Waals surface area contributed by atoms with Gasteiger partial charge in [0.2, 0.25) is 0 Å². The Morgan fingerprint density at radius 1 is 1.17 bits per heavy atom. The van der Waals surface area contributed by atoms with Gasteiger partial charge < -0.3 is 9.47 Å². The van der Waals surface area contributed by atoms with Crippen molar-refractivity contribution >= 4 is 10.9 Å². The van der Waals surface area contributed by atoms with Gasteiger partial charge in [0.25, 0.3) is 0 Å². The third-order valence-corrected chi connectivity index (χ3v) is 5.56. The highest BCUT2D eigenvalue weighted by atomic mass is 15.1. The van der Waals surface area contributed by atoms with Gasteiger partial charge in [0, 0.05) is 55.4 Å². The van der Waals surface area contributed by atoms with E-state index in [0.29, 0.717) is 5.92 Å². The van der Waals surface area contributed by atoms with Crippen molar-refractivity contribution in [1.82, 2.24) is 14.5 Å². The molecular formula is C20H21N3. The molecule has 5 rings (SSSR count). The molecule has 116 valence electrons. The van der Waals surface area contributed by atoms with Crippen molar-refractivity contribution in [3.63, 3.8) is 0 Å². The smallest absolute Gasteiger partial charge is 0.0525 e. The lowest BCUT2D eigenvalue weighted by molar-refractivity contribution is 0.309. The third kappa shape index (κ3) is 1.83. The number of pyridine rings is 1. The number of hydrogen-bond acceptors (Lipinski definition) is 2. The average molecular weight is 303 g/mol. The van der Waals surface area contributed by atoms with Crippen molar-refractivity contribution in [3.8, 4) is 0 Å². The van der Waals surface area contributed by atoms with Crippen molar-refractivity contribution in [3.05, 3.63) is 64.6 Å². The number of rotatable bonds is 1. The fraction of sp³-hybridized carbons (Fsp3) is 0.350. The summed E-state index contributed by atoms with van der Waals surface area (Å²) < 4.78 is 2.61. The molecule has 1 unspecified atom stereocenters. The van der Waals surface area contributed by atoms with Crippen molar-refractivity contribution in [2.75, 3.05) is 13.6 Å². The Hall–Kier alpha value is -2.13. The molecule has 1 aromatic carbocycles. The van der Waals surface area contributed by atoms with E-state index in [1.807, 2.05) is 12.4 Å². The molecule has 2 aliphatic rings. The maximum atomic E-state index is 4.19. The number of aromatic nitrogens is 2. The molecule has 3 aromatic rings. The Balaban J connectivity index is 1.77. The van der Waals surface area contributed by atoms with Gasteiger partial charge in [-0.25, -0.2) is 0 Å². The molecule has 0 N–H and O–H groups in total. The second kappa shape index (κ2) is 4.68. The van der Waals surface area contributed by atoms with Crippen LogP contribution in [-0.4, -0.2) is 28.0 Å². The van der Waals surface area contributed by atoms with Crippen LogP contribution in [0.2, 0.25) is 0 Å². The molecule has 4 heterocycles. The maximum Gasteiger partial charge on any atom is 0.0525 e. The number of benzene rings is 1. The molecule has 0 saturated heterocycles. The molecular weight excluding hydrogens is 282 g/mol. The largest absolute Gasteiger partial charge is 0.343 e. The summed E-state index contributed by atoms with van der Waals surface area (Å²) in [6.07, 6.45) is 5.00. The maximum absolute atomic E-state index is 4.19. The van der Waals surface area contributed by atoms with E-state index in [1.165, 1.54) is 34.0 Å². The standard InChI is InChI=1S/C20H21N3/c1-13-9-15-17(14-3-6-21-7-4-14)12-23-19-5-8-22(2)11-18(19)16(10-13)20(15)23/h3-4,6-7,9-10,17H,5,8,11-12H2,1-2H3. The highest BCUT2D eigenvalue weighted by molar-refractivity contribution is 5.91. The van der Waals surface area contributed by atoms with Gasteiger partial charge in [0.05, 0.1) is 5.52 Å². The van der Waals surface area contributed by atoms with Gasteiger partial charge in [-0.15, -0.1) is 0 Å². The van der Waals surface area contributed by atoms with Gasteiger partial charge in [0.15, 0.2) is 0 Å². The summed E-state index contributed by atoms with van der Waals surface area (Å²) in [4.78, 5) is 6.63. The number of fused-ring (bicyclic) bond motifs is 3. The molecule has 0 saturated carbocycles. The Morgan fingerprint density at radius 2 is 2.00 bits per heavy atom. The minimum atomic E-state index is 0.473. The SMILES string of the molecule is Cc1cc2c3c(c1)c1c(n3CC2c2ccncc2)CCN(C)C1. The zero-order valence-electron chi connectivity index (χ0n) is 13.7. The molecule has 0 amide bonds. The molecule has 0 fully saturated rings. The predicted molar refractivity (Wildman–Crippen MR) is 92.8 cm³/mol. The first-order valence-electron chi connectivity index (χ1n) is 8.45. The molecule has 2 aromatic heterocycles. The highest BCUT2D eigenvalue weighted by Gasteiger charge is 2.32. The summed E-state index contributed by atoms with van der Waals surface area (Å²) in [7, 11) is 2.23. The van der Waals surface area contributed by atoms with E-state index in [4.69, 9.17) is 0 Å². The fourth-order valence-electron chi connectivity index (χ4n) is 4.53. The lowest BCUT2D eigenvalue weighted by Gasteiger charge is -2.25. The van der Waals surface area contributed by atoms with Gasteiger partial charge in [0.1, 0.15) is 0 Å². The van der Waals surface area contributed by atoms with Gasteiger partial charge in [-0.05, 0) is 48.9 Å². The lowest BCUT2D eigenvalue weighted by Crippen LogP contribution is -2.27. The van der Waals surface area contributed by atoms with Crippen LogP contribution in [0.15, 0.2) is 36.7 Å². The first-order valence-corrected chi connectivity index (χ1v) is 8.45. The quantitative estimate of drug-likeness (QED) is 0.686. The van der Waals surface area contributed by atoms with E-state index in [9.17, 15) is 0 Å². The fourth-order valence-corrected chi connectivity index (χ4v) is 4.53. The minimum Gasteiger partial charge on any atom is -0.343 e. The van der Waals surface area contributed by atoms with E-state index in [0.717, 1.165) is 19.6 Å². The van der Waals surface area contributed by atoms with Crippen LogP contribution < -0.4 is 0 Å². The van der Waals surface area contributed by atoms with Gasteiger partial charge in [-0.1, -0.05) is 11.6 Å². The minimum absolute atomic E-state index is 0.473. The normalized spacial score (nSPS) is 20.2. The van der Waals surface area contributed by atoms with Crippen LogP contribution in [0.1, 0.15) is 33.9 Å². The molecule has 3 heteroatoms. The van der Waals surface area contributed by atoms with Crippen LogP contribution in [0, 0.1) is 6.92 Å². The van der Waals surface area contributed by atoms with Crippen LogP contribution in [0.25, 0.3) is 10.9 Å². The van der Waals surface area contributed by atoms with Crippen LogP contribution in [0.4, 0.5) is 0 Å². The highest BCUT2D eigenvalue weighted by Crippen LogP contribution is 2.44. The Labute approximate surface area is 136 Å². The summed E-state index contributed by atoms with van der Waals surface area (Å²) in [6.45, 7) is 5.56. The molecule has 0 aliphatic carbocycles. The summed E-state index contributed by atoms with van der Waals surface area (Å²) >= 11 is 0. The second-order valence-electron chi connectivity index (χ2n) is 7.11. The topological polar surface area (TPSA) is 21.1 Å². The van der Waals surface area contributed by atoms with Crippen LogP contribution in [0.5, 0.6) is 0 Å². The summed E-state index contributed by atoms with van der Waals surface area (Å²) in [5.41, 5.74) is 8.88. The van der Waals surface area contributed by atoms with E-state index in [2.05, 4.69) is 52.7 Å². The third-order valence-electron chi connectivity index (χ3n) is 5.56. The van der Waals surface area contributed by atoms with Gasteiger partial charge >= 0.3 is 0 Å². The number of hydrogen-bond donors (Lipinski definition) is 0. The van der Waals surface area contributed by atoms with Crippen molar-refractivity contribution < 1.29 is 0 Å². The number of aryl methyl sites for hydroxylation is 1. The Kier molecular flexibility index (Phi) is 2.71. The molecule has 0 spiro atoms. The van der Waals surface area contributed by atoms with Gasteiger partial charge in [-0.2, -0.15) is 0 Å². The molecule has 2 aliphatic heterocycles. The Bertz CT molecular complexity index is 908. The first-order chi connectivity index (χ1) is 11.2. The van der Waals surface area contributed by atoms with Crippen molar-refractivity contribution in [2.24, 2.45) is 0 Å². The molecule has 23 heavy (non-hydrogen) atoms. The molecule has 0 bridgehead atoms. The number of likely N-dealkylation sites (N-methyl/N-ethyl adjacent to an activating group) is 1. The Morgan fingerprint density at radius 3 is 2.83 bits per heavy atom. The van der Waals surface area contributed by atoms with Crippen LogP contribution in [-0.2, 0) is 19.5 Å². The average Bonchev–Trinajstić information content (AvgIpc) is 3.07. The van der Waals surface area contributed by atoms with E-state index in [1.54, 1.807) is 11.3 Å². The molecule has 0 radical (unpaired) electrons. The molecule has 1 atom stereocenters. The van der Waals surface area contributed by atoms with Gasteiger partial charge in [-0.3, -0.25) is 4.98 Å². The van der Waals surface area contributed by atoms with Crippen molar-refractivity contribution in [1.29, 1.82) is 0 Å². The molecule has 3 nitrogen and oxygen atoms in total. The second-order valence-corrected chi connectivity index (χ2v) is 7.11. The van der Waals surface area contributed by atoms with E-state index in [-0.39, 0.29) is 0 Å².